The van der Waals surface area contributed by atoms with Gasteiger partial charge in [0.2, 0.25) is 0 Å². The smallest absolute Gasteiger partial charge is 0.263 e. The van der Waals surface area contributed by atoms with Crippen LogP contribution in [0.5, 0.6) is 0 Å². The Kier molecular flexibility index (Phi) is 2.88. The van der Waals surface area contributed by atoms with Crippen LogP contribution in [0.15, 0.2) is 18.2 Å². The molecular formula is C13H16N2O2. The summed E-state index contributed by atoms with van der Waals surface area (Å²) in [6, 6.07) is 5.24. The summed E-state index contributed by atoms with van der Waals surface area (Å²) in [5.41, 5.74) is 1.72. The molecule has 17 heavy (non-hydrogen) atoms. The van der Waals surface area contributed by atoms with E-state index in [9.17, 15) is 9.59 Å². The highest BCUT2D eigenvalue weighted by Crippen LogP contribution is 2.30. The molecule has 0 saturated heterocycles. The number of carbonyl (C=O) groups is 2. The third-order valence-electron chi connectivity index (χ3n) is 3.25. The molecule has 0 saturated carbocycles. The predicted octanol–water partition coefficient (Wildman–Crippen LogP) is 2.12. The maximum Gasteiger partial charge on any atom is 0.263 e. The van der Waals surface area contributed by atoms with Gasteiger partial charge in [-0.2, -0.15) is 0 Å². The first-order chi connectivity index (χ1) is 8.11. The first kappa shape index (κ1) is 11.6. The van der Waals surface area contributed by atoms with Crippen LogP contribution in [0.2, 0.25) is 0 Å². The van der Waals surface area contributed by atoms with Gasteiger partial charge >= 0.3 is 0 Å². The molecule has 0 fully saturated rings. The molecule has 1 atom stereocenters. The topological polar surface area (TPSA) is 49.4 Å². The zero-order chi connectivity index (χ0) is 12.6. The summed E-state index contributed by atoms with van der Waals surface area (Å²) in [7, 11) is 1.75. The van der Waals surface area contributed by atoms with Gasteiger partial charge in [-0.25, -0.2) is 0 Å². The maximum absolute atomic E-state index is 12.3. The van der Waals surface area contributed by atoms with Crippen LogP contribution < -0.4 is 5.32 Å². The summed E-state index contributed by atoms with van der Waals surface area (Å²) in [4.78, 5) is 25.8. The molecule has 0 spiro atoms. The summed E-state index contributed by atoms with van der Waals surface area (Å²) in [6.07, 6.45) is 0.764. The fourth-order valence-corrected chi connectivity index (χ4v) is 2.09. The third kappa shape index (κ3) is 1.60. The SMILES string of the molecule is CCC(C)N1C(=O)c2cccc(NC)c2C1=O. The Labute approximate surface area is 101 Å². The van der Waals surface area contributed by atoms with E-state index in [0.717, 1.165) is 6.42 Å². The number of hydrogen-bond donors (Lipinski definition) is 1. The first-order valence-electron chi connectivity index (χ1n) is 5.80. The van der Waals surface area contributed by atoms with Gasteiger partial charge in [-0.1, -0.05) is 13.0 Å². The lowest BCUT2D eigenvalue weighted by molar-refractivity contribution is 0.0594. The zero-order valence-corrected chi connectivity index (χ0v) is 10.3. The Morgan fingerprint density at radius 3 is 2.59 bits per heavy atom. The fraction of sp³-hybridized carbons (Fsp3) is 0.385. The van der Waals surface area contributed by atoms with Crippen LogP contribution in [0.3, 0.4) is 0 Å². The molecule has 4 nitrogen and oxygen atoms in total. The largest absolute Gasteiger partial charge is 0.387 e. The summed E-state index contributed by atoms with van der Waals surface area (Å²) in [6.45, 7) is 3.86. The Morgan fingerprint density at radius 2 is 2.00 bits per heavy atom. The lowest BCUT2D eigenvalue weighted by Crippen LogP contribution is -2.37. The monoisotopic (exact) mass is 232 g/mol. The Morgan fingerprint density at radius 1 is 1.29 bits per heavy atom. The number of nitrogens with zero attached hydrogens (tertiary/aromatic N) is 1. The third-order valence-corrected chi connectivity index (χ3v) is 3.25. The van der Waals surface area contributed by atoms with E-state index in [2.05, 4.69) is 5.32 Å². The van der Waals surface area contributed by atoms with Crippen LogP contribution in [-0.4, -0.2) is 29.8 Å². The van der Waals surface area contributed by atoms with Crippen molar-refractivity contribution in [2.45, 2.75) is 26.3 Å². The molecule has 4 heteroatoms. The van der Waals surface area contributed by atoms with Gasteiger partial charge in [-0.05, 0) is 25.5 Å². The molecule has 2 rings (SSSR count). The number of amides is 2. The van der Waals surface area contributed by atoms with Crippen LogP contribution in [0.25, 0.3) is 0 Å². The lowest BCUT2D eigenvalue weighted by atomic mass is 10.1. The molecule has 2 amide bonds. The van der Waals surface area contributed by atoms with Crippen LogP contribution in [-0.2, 0) is 0 Å². The van der Waals surface area contributed by atoms with E-state index in [1.165, 1.54) is 4.90 Å². The van der Waals surface area contributed by atoms with Crippen LogP contribution >= 0.6 is 0 Å². The Balaban J connectivity index is 2.53. The number of fused-ring (bicyclic) bond motifs is 1. The van der Waals surface area contributed by atoms with Crippen LogP contribution in [0.1, 0.15) is 41.0 Å². The van der Waals surface area contributed by atoms with Crippen molar-refractivity contribution in [3.05, 3.63) is 29.3 Å². The van der Waals surface area contributed by atoms with Crippen molar-refractivity contribution in [2.24, 2.45) is 0 Å². The van der Waals surface area contributed by atoms with Gasteiger partial charge in [0.25, 0.3) is 11.8 Å². The average molecular weight is 232 g/mol. The van der Waals surface area contributed by atoms with Gasteiger partial charge in [-0.3, -0.25) is 14.5 Å². The molecule has 0 bridgehead atoms. The second-order valence-electron chi connectivity index (χ2n) is 4.22. The van der Waals surface area contributed by atoms with Crippen molar-refractivity contribution in [1.82, 2.24) is 4.90 Å². The first-order valence-corrected chi connectivity index (χ1v) is 5.80. The molecule has 1 unspecified atom stereocenters. The van der Waals surface area contributed by atoms with Crippen LogP contribution in [0.4, 0.5) is 5.69 Å². The van der Waals surface area contributed by atoms with Crippen molar-refractivity contribution in [2.75, 3.05) is 12.4 Å². The number of rotatable bonds is 3. The van der Waals surface area contributed by atoms with Gasteiger partial charge in [0.15, 0.2) is 0 Å². The summed E-state index contributed by atoms with van der Waals surface area (Å²) in [5.74, 6) is -0.374. The number of carbonyl (C=O) groups excluding carboxylic acids is 2. The molecule has 1 aliphatic heterocycles. The van der Waals surface area contributed by atoms with Gasteiger partial charge in [0, 0.05) is 18.8 Å². The van der Waals surface area contributed by atoms with E-state index in [1.807, 2.05) is 19.9 Å². The lowest BCUT2D eigenvalue weighted by Gasteiger charge is -2.20. The second kappa shape index (κ2) is 4.20. The maximum atomic E-state index is 12.3. The van der Waals surface area contributed by atoms with Gasteiger partial charge in [0.05, 0.1) is 11.1 Å². The van der Waals surface area contributed by atoms with Gasteiger partial charge < -0.3 is 5.32 Å². The molecule has 1 heterocycles. The van der Waals surface area contributed by atoms with Gasteiger partial charge in [0.1, 0.15) is 0 Å². The quantitative estimate of drug-likeness (QED) is 0.812. The van der Waals surface area contributed by atoms with Gasteiger partial charge in [-0.15, -0.1) is 0 Å². The van der Waals surface area contributed by atoms with Crippen molar-refractivity contribution in [1.29, 1.82) is 0 Å². The van der Waals surface area contributed by atoms with E-state index in [0.29, 0.717) is 16.8 Å². The van der Waals surface area contributed by atoms with Crippen LogP contribution in [0, 0.1) is 0 Å². The molecule has 1 aliphatic rings. The van der Waals surface area contributed by atoms with Crippen molar-refractivity contribution in [3.63, 3.8) is 0 Å². The van der Waals surface area contributed by atoms with Crippen molar-refractivity contribution >= 4 is 17.5 Å². The van der Waals surface area contributed by atoms with Crippen molar-refractivity contribution in [3.8, 4) is 0 Å². The molecule has 90 valence electrons. The number of hydrogen-bond acceptors (Lipinski definition) is 3. The summed E-state index contributed by atoms with van der Waals surface area (Å²) >= 11 is 0. The molecule has 0 radical (unpaired) electrons. The highest BCUT2D eigenvalue weighted by molar-refractivity contribution is 6.23. The Bertz CT molecular complexity index is 482. The molecule has 1 aromatic rings. The molecular weight excluding hydrogens is 216 g/mol. The fourth-order valence-electron chi connectivity index (χ4n) is 2.09. The summed E-state index contributed by atoms with van der Waals surface area (Å²) < 4.78 is 0. The molecule has 0 aromatic heterocycles. The second-order valence-corrected chi connectivity index (χ2v) is 4.22. The number of imide groups is 1. The molecule has 0 aliphatic carbocycles. The average Bonchev–Trinajstić information content (AvgIpc) is 2.61. The molecule has 1 N–H and O–H groups in total. The normalized spacial score (nSPS) is 16.1. The van der Waals surface area contributed by atoms with E-state index in [1.54, 1.807) is 19.2 Å². The minimum absolute atomic E-state index is 0.0629. The van der Waals surface area contributed by atoms with Crippen molar-refractivity contribution < 1.29 is 9.59 Å². The highest BCUT2D eigenvalue weighted by Gasteiger charge is 2.39. The zero-order valence-electron chi connectivity index (χ0n) is 10.3. The minimum atomic E-state index is -0.190. The number of nitrogens with one attached hydrogen (secondary N) is 1. The van der Waals surface area contributed by atoms with E-state index in [-0.39, 0.29) is 17.9 Å². The van der Waals surface area contributed by atoms with E-state index in [4.69, 9.17) is 0 Å². The summed E-state index contributed by atoms with van der Waals surface area (Å²) in [5, 5.41) is 2.96. The minimum Gasteiger partial charge on any atom is -0.387 e. The highest BCUT2D eigenvalue weighted by atomic mass is 16.2. The standard InChI is InChI=1S/C13H16N2O2/c1-4-8(2)15-12(16)9-6-5-7-10(14-3)11(9)13(15)17/h5-8,14H,4H2,1-3H3. The number of benzene rings is 1. The van der Waals surface area contributed by atoms with E-state index < -0.39 is 0 Å². The number of anilines is 1. The predicted molar refractivity (Wildman–Crippen MR) is 66.2 cm³/mol. The molecule has 1 aromatic carbocycles. The Hall–Kier alpha value is -1.84. The van der Waals surface area contributed by atoms with E-state index >= 15 is 0 Å².